The molecule has 0 fully saturated rings. The number of hydrogen-bond acceptors (Lipinski definition) is 4. The highest BCUT2D eigenvalue weighted by molar-refractivity contribution is 5.93. The number of carbonyl (C=O) groups excluding carboxylic acids is 1. The molecule has 0 amide bonds. The van der Waals surface area contributed by atoms with Crippen molar-refractivity contribution in [3.05, 3.63) is 11.9 Å². The second-order valence-corrected chi connectivity index (χ2v) is 3.39. The summed E-state index contributed by atoms with van der Waals surface area (Å²) in [7, 11) is 0. The number of aromatic nitrogens is 2. The molecule has 0 aliphatic rings. The first kappa shape index (κ1) is 11.6. The van der Waals surface area contributed by atoms with Crippen LogP contribution >= 0.6 is 0 Å². The fourth-order valence-electron chi connectivity index (χ4n) is 1.18. The summed E-state index contributed by atoms with van der Waals surface area (Å²) in [6.45, 7) is 6.30. The lowest BCUT2D eigenvalue weighted by Gasteiger charge is -2.11. The molecule has 5 heteroatoms. The van der Waals surface area contributed by atoms with E-state index in [9.17, 15) is 4.79 Å². The number of nitrogens with two attached hydrogens (primary N) is 1. The summed E-state index contributed by atoms with van der Waals surface area (Å²) in [5.41, 5.74) is 6.36. The number of rotatable bonds is 4. The molecule has 0 saturated carbocycles. The number of aryl methyl sites for hydroxylation is 1. The van der Waals surface area contributed by atoms with Gasteiger partial charge < -0.3 is 10.5 Å². The fraction of sp³-hybridized carbons (Fsp3) is 0.600. The Balaban J connectivity index is 2.85. The van der Waals surface area contributed by atoms with Gasteiger partial charge in [-0.1, -0.05) is 6.92 Å². The van der Waals surface area contributed by atoms with E-state index in [0.717, 1.165) is 6.42 Å². The molecular weight excluding hydrogens is 194 g/mol. The van der Waals surface area contributed by atoms with Crippen LogP contribution in [0, 0.1) is 0 Å². The van der Waals surface area contributed by atoms with E-state index in [0.29, 0.717) is 17.9 Å². The van der Waals surface area contributed by atoms with Crippen LogP contribution in [0.25, 0.3) is 0 Å². The Hall–Kier alpha value is -1.52. The number of ether oxygens (including phenoxy) is 1. The first-order chi connectivity index (χ1) is 7.10. The van der Waals surface area contributed by atoms with Crippen molar-refractivity contribution in [2.75, 3.05) is 5.73 Å². The highest BCUT2D eigenvalue weighted by Crippen LogP contribution is 2.13. The van der Waals surface area contributed by atoms with E-state index in [1.54, 1.807) is 4.68 Å². The summed E-state index contributed by atoms with van der Waals surface area (Å²) in [6, 6.07) is 0. The van der Waals surface area contributed by atoms with Gasteiger partial charge in [-0.05, 0) is 20.3 Å². The average molecular weight is 211 g/mol. The van der Waals surface area contributed by atoms with E-state index in [4.69, 9.17) is 10.5 Å². The van der Waals surface area contributed by atoms with Crippen molar-refractivity contribution in [3.8, 4) is 0 Å². The average Bonchev–Trinajstić information content (AvgIpc) is 2.59. The van der Waals surface area contributed by atoms with Gasteiger partial charge in [0.1, 0.15) is 0 Å². The minimum atomic E-state index is -0.402. The van der Waals surface area contributed by atoms with Gasteiger partial charge in [-0.25, -0.2) is 4.79 Å². The third kappa shape index (κ3) is 2.49. The zero-order valence-corrected chi connectivity index (χ0v) is 9.36. The van der Waals surface area contributed by atoms with Crippen LogP contribution in [0.1, 0.15) is 37.7 Å². The third-order valence-electron chi connectivity index (χ3n) is 2.24. The first-order valence-corrected chi connectivity index (χ1v) is 5.12. The van der Waals surface area contributed by atoms with Gasteiger partial charge in [-0.2, -0.15) is 5.10 Å². The van der Waals surface area contributed by atoms with E-state index in [2.05, 4.69) is 5.10 Å². The number of esters is 1. The SMILES string of the molecule is CCC(C)OC(=O)c1c(N)cnn1CC. The quantitative estimate of drug-likeness (QED) is 0.765. The molecule has 1 aromatic rings. The lowest BCUT2D eigenvalue weighted by Crippen LogP contribution is -2.19. The van der Waals surface area contributed by atoms with Crippen molar-refractivity contribution in [2.45, 2.75) is 39.8 Å². The van der Waals surface area contributed by atoms with Crippen LogP contribution < -0.4 is 5.73 Å². The smallest absolute Gasteiger partial charge is 0.359 e. The number of nitrogens with zero attached hydrogens (tertiary/aromatic N) is 2. The monoisotopic (exact) mass is 211 g/mol. The Kier molecular flexibility index (Phi) is 3.71. The van der Waals surface area contributed by atoms with E-state index >= 15 is 0 Å². The number of carbonyl (C=O) groups is 1. The Morgan fingerprint density at radius 3 is 2.87 bits per heavy atom. The first-order valence-electron chi connectivity index (χ1n) is 5.12. The summed E-state index contributed by atoms with van der Waals surface area (Å²) in [5, 5.41) is 3.98. The van der Waals surface area contributed by atoms with E-state index in [1.165, 1.54) is 6.20 Å². The number of anilines is 1. The van der Waals surface area contributed by atoms with Crippen molar-refractivity contribution in [2.24, 2.45) is 0 Å². The van der Waals surface area contributed by atoms with Gasteiger partial charge in [0, 0.05) is 6.54 Å². The molecule has 1 rings (SSSR count). The van der Waals surface area contributed by atoms with Gasteiger partial charge in [-0.15, -0.1) is 0 Å². The summed E-state index contributed by atoms with van der Waals surface area (Å²) < 4.78 is 6.73. The summed E-state index contributed by atoms with van der Waals surface area (Å²) in [6.07, 6.45) is 2.15. The molecule has 0 spiro atoms. The van der Waals surface area contributed by atoms with Crippen molar-refractivity contribution in [1.29, 1.82) is 0 Å². The largest absolute Gasteiger partial charge is 0.458 e. The molecule has 1 heterocycles. The van der Waals surface area contributed by atoms with E-state index in [1.807, 2.05) is 20.8 Å². The number of nitrogen functional groups attached to an aromatic ring is 1. The van der Waals surface area contributed by atoms with Crippen LogP contribution in [0.3, 0.4) is 0 Å². The fourth-order valence-corrected chi connectivity index (χ4v) is 1.18. The summed E-state index contributed by atoms with van der Waals surface area (Å²) in [5.74, 6) is -0.402. The summed E-state index contributed by atoms with van der Waals surface area (Å²) >= 11 is 0. The Morgan fingerprint density at radius 2 is 2.33 bits per heavy atom. The normalized spacial score (nSPS) is 12.5. The van der Waals surface area contributed by atoms with Crippen LogP contribution in [0.4, 0.5) is 5.69 Å². The second-order valence-electron chi connectivity index (χ2n) is 3.39. The predicted molar refractivity (Wildman–Crippen MR) is 57.5 cm³/mol. The topological polar surface area (TPSA) is 70.1 Å². The number of hydrogen-bond donors (Lipinski definition) is 1. The van der Waals surface area contributed by atoms with Gasteiger partial charge >= 0.3 is 5.97 Å². The van der Waals surface area contributed by atoms with Crippen molar-refractivity contribution in [1.82, 2.24) is 9.78 Å². The molecule has 2 N–H and O–H groups in total. The molecule has 0 radical (unpaired) electrons. The third-order valence-corrected chi connectivity index (χ3v) is 2.24. The van der Waals surface area contributed by atoms with E-state index in [-0.39, 0.29) is 6.10 Å². The molecule has 0 aromatic carbocycles. The molecule has 0 aliphatic carbocycles. The van der Waals surface area contributed by atoms with Crippen LogP contribution in [0.2, 0.25) is 0 Å². The highest BCUT2D eigenvalue weighted by Gasteiger charge is 2.19. The molecule has 1 atom stereocenters. The molecule has 84 valence electrons. The Morgan fingerprint density at radius 1 is 1.67 bits per heavy atom. The zero-order chi connectivity index (χ0) is 11.4. The highest BCUT2D eigenvalue weighted by atomic mass is 16.5. The van der Waals surface area contributed by atoms with Gasteiger partial charge in [0.25, 0.3) is 0 Å². The van der Waals surface area contributed by atoms with Crippen molar-refractivity contribution in [3.63, 3.8) is 0 Å². The lowest BCUT2D eigenvalue weighted by atomic mass is 10.3. The van der Waals surface area contributed by atoms with Gasteiger partial charge in [0.15, 0.2) is 5.69 Å². The summed E-state index contributed by atoms with van der Waals surface area (Å²) in [4.78, 5) is 11.7. The van der Waals surface area contributed by atoms with Crippen molar-refractivity contribution >= 4 is 11.7 Å². The molecule has 0 aliphatic heterocycles. The molecule has 0 saturated heterocycles. The van der Waals surface area contributed by atoms with E-state index < -0.39 is 5.97 Å². The maximum absolute atomic E-state index is 11.7. The zero-order valence-electron chi connectivity index (χ0n) is 9.36. The molecule has 1 aromatic heterocycles. The second kappa shape index (κ2) is 4.82. The molecular formula is C10H17N3O2. The Bertz CT molecular complexity index is 346. The molecule has 5 nitrogen and oxygen atoms in total. The van der Waals surface area contributed by atoms with Gasteiger partial charge in [-0.3, -0.25) is 4.68 Å². The minimum Gasteiger partial charge on any atom is -0.458 e. The van der Waals surface area contributed by atoms with Crippen LogP contribution in [0.15, 0.2) is 6.20 Å². The van der Waals surface area contributed by atoms with Crippen LogP contribution in [0.5, 0.6) is 0 Å². The van der Waals surface area contributed by atoms with Crippen molar-refractivity contribution < 1.29 is 9.53 Å². The molecule has 0 bridgehead atoms. The maximum atomic E-state index is 11.7. The Labute approximate surface area is 89.2 Å². The standard InChI is InChI=1S/C10H17N3O2/c1-4-7(3)15-10(14)9-8(11)6-12-13(9)5-2/h6-7H,4-5,11H2,1-3H3. The molecule has 15 heavy (non-hydrogen) atoms. The lowest BCUT2D eigenvalue weighted by molar-refractivity contribution is 0.0321. The van der Waals surface area contributed by atoms with Gasteiger partial charge in [0.2, 0.25) is 0 Å². The minimum absolute atomic E-state index is 0.0999. The van der Waals surface area contributed by atoms with Crippen LogP contribution in [-0.4, -0.2) is 21.9 Å². The predicted octanol–water partition coefficient (Wildman–Crippen LogP) is 1.44. The molecule has 1 unspecified atom stereocenters. The van der Waals surface area contributed by atoms with Gasteiger partial charge in [0.05, 0.1) is 18.0 Å². The maximum Gasteiger partial charge on any atom is 0.359 e. The van der Waals surface area contributed by atoms with Crippen LogP contribution in [-0.2, 0) is 11.3 Å².